The van der Waals surface area contributed by atoms with Crippen LogP contribution in [0.2, 0.25) is 0 Å². The highest BCUT2D eigenvalue weighted by Crippen LogP contribution is 2.37. The van der Waals surface area contributed by atoms with E-state index in [1.165, 1.54) is 19.3 Å². The predicted octanol–water partition coefficient (Wildman–Crippen LogP) is 7.48. The van der Waals surface area contributed by atoms with Crippen LogP contribution in [0.4, 0.5) is 0 Å². The fraction of sp³-hybridized carbons (Fsp3) is 0.923. The number of carbonyl (C=O) groups excluding carboxylic acids is 2. The van der Waals surface area contributed by atoms with Crippen LogP contribution in [0.1, 0.15) is 128 Å². The van der Waals surface area contributed by atoms with Crippen molar-refractivity contribution in [3.8, 4) is 0 Å². The molecule has 0 aromatic heterocycles. The van der Waals surface area contributed by atoms with E-state index in [0.717, 1.165) is 32.1 Å². The summed E-state index contributed by atoms with van der Waals surface area (Å²) in [6.45, 7) is 22.0. The highest BCUT2D eigenvalue weighted by molar-refractivity contribution is 5.76. The summed E-state index contributed by atoms with van der Waals surface area (Å²) in [5.74, 6) is 0.219. The smallest absolute Gasteiger partial charge is 0.312 e. The number of esters is 2. The monoisotopic (exact) mass is 426 g/mol. The number of rotatable bonds is 8. The molecule has 4 nitrogen and oxygen atoms in total. The summed E-state index contributed by atoms with van der Waals surface area (Å²) >= 11 is 0. The lowest BCUT2D eigenvalue weighted by molar-refractivity contribution is -0.175. The van der Waals surface area contributed by atoms with Gasteiger partial charge < -0.3 is 9.47 Å². The molecule has 0 spiro atoms. The average molecular weight is 427 g/mol. The molecule has 0 amide bonds. The zero-order chi connectivity index (χ0) is 23.8. The molecule has 1 rings (SSSR count). The summed E-state index contributed by atoms with van der Waals surface area (Å²) in [6, 6.07) is 0. The molecule has 0 N–H and O–H groups in total. The van der Waals surface area contributed by atoms with E-state index < -0.39 is 0 Å². The van der Waals surface area contributed by atoms with E-state index in [-0.39, 0.29) is 34.0 Å². The van der Waals surface area contributed by atoms with Gasteiger partial charge in [-0.3, -0.25) is 9.59 Å². The lowest BCUT2D eigenvalue weighted by Crippen LogP contribution is -2.40. The summed E-state index contributed by atoms with van der Waals surface area (Å²) in [5.41, 5.74) is -1.23. The van der Waals surface area contributed by atoms with Crippen LogP contribution in [0.25, 0.3) is 0 Å². The molecule has 1 aliphatic rings. The third-order valence-electron chi connectivity index (χ3n) is 7.34. The van der Waals surface area contributed by atoms with Crippen LogP contribution in [0.15, 0.2) is 0 Å². The quantitative estimate of drug-likeness (QED) is 0.377. The molecule has 178 valence electrons. The lowest BCUT2D eigenvalue weighted by Gasteiger charge is -2.38. The third-order valence-corrected chi connectivity index (χ3v) is 7.34. The maximum absolute atomic E-state index is 12.1. The zero-order valence-electron chi connectivity index (χ0n) is 21.9. The van der Waals surface area contributed by atoms with Gasteiger partial charge in [-0.1, -0.05) is 41.0 Å². The fourth-order valence-corrected chi connectivity index (χ4v) is 2.84. The Kier molecular flexibility index (Phi) is 11.1. The largest absolute Gasteiger partial charge is 0.459 e. The summed E-state index contributed by atoms with van der Waals surface area (Å²) in [4.78, 5) is 23.9. The Balaban J connectivity index is 0.000000567. The van der Waals surface area contributed by atoms with Crippen LogP contribution in [-0.2, 0) is 19.1 Å². The predicted molar refractivity (Wildman–Crippen MR) is 125 cm³/mol. The molecule has 30 heavy (non-hydrogen) atoms. The van der Waals surface area contributed by atoms with Gasteiger partial charge in [0.05, 0.1) is 10.8 Å². The second-order valence-electron chi connectivity index (χ2n) is 11.1. The number of carbonyl (C=O) groups is 2. The Morgan fingerprint density at radius 3 is 1.60 bits per heavy atom. The molecule has 0 radical (unpaired) electrons. The van der Waals surface area contributed by atoms with Crippen LogP contribution >= 0.6 is 0 Å². The molecule has 0 aliphatic heterocycles. The third kappa shape index (κ3) is 8.59. The highest BCUT2D eigenvalue weighted by Gasteiger charge is 2.38. The van der Waals surface area contributed by atoms with Gasteiger partial charge in [0.2, 0.25) is 0 Å². The number of hydrogen-bond acceptors (Lipinski definition) is 4. The topological polar surface area (TPSA) is 52.6 Å². The van der Waals surface area contributed by atoms with Gasteiger partial charge in [0.25, 0.3) is 0 Å². The summed E-state index contributed by atoms with van der Waals surface area (Å²) in [7, 11) is 0. The Labute approximate surface area is 186 Å². The fourth-order valence-electron chi connectivity index (χ4n) is 2.84. The second kappa shape index (κ2) is 11.5. The number of ether oxygens (including phenoxy) is 2. The molecule has 0 atom stereocenters. The normalized spacial score (nSPS) is 17.1. The minimum Gasteiger partial charge on any atom is -0.459 e. The van der Waals surface area contributed by atoms with Gasteiger partial charge in [-0.25, -0.2) is 0 Å². The Morgan fingerprint density at radius 1 is 0.800 bits per heavy atom. The van der Waals surface area contributed by atoms with Crippen LogP contribution in [0, 0.1) is 16.7 Å². The highest BCUT2D eigenvalue weighted by atomic mass is 16.6. The molecule has 0 aromatic rings. The molecule has 0 saturated heterocycles. The first-order valence-corrected chi connectivity index (χ1v) is 12.1. The van der Waals surface area contributed by atoms with Gasteiger partial charge in [0.1, 0.15) is 11.2 Å². The van der Waals surface area contributed by atoms with E-state index in [1.807, 2.05) is 55.4 Å². The number of hydrogen-bond donors (Lipinski definition) is 0. The minimum atomic E-state index is -0.372. The van der Waals surface area contributed by atoms with Gasteiger partial charge in [0, 0.05) is 0 Å². The minimum absolute atomic E-state index is 0.0150. The molecule has 0 heterocycles. The van der Waals surface area contributed by atoms with E-state index in [4.69, 9.17) is 9.47 Å². The molecule has 0 unspecified atom stereocenters. The summed E-state index contributed by atoms with van der Waals surface area (Å²) in [5, 5.41) is 0. The van der Waals surface area contributed by atoms with E-state index >= 15 is 0 Å². The summed E-state index contributed by atoms with van der Waals surface area (Å²) < 4.78 is 11.4. The van der Waals surface area contributed by atoms with Crippen LogP contribution < -0.4 is 0 Å². The zero-order valence-corrected chi connectivity index (χ0v) is 21.9. The summed E-state index contributed by atoms with van der Waals surface area (Å²) in [6.07, 6.45) is 8.39. The van der Waals surface area contributed by atoms with Crippen molar-refractivity contribution in [1.82, 2.24) is 0 Å². The maximum Gasteiger partial charge on any atom is 0.312 e. The van der Waals surface area contributed by atoms with Gasteiger partial charge in [0.15, 0.2) is 0 Å². The second-order valence-corrected chi connectivity index (χ2v) is 11.1. The van der Waals surface area contributed by atoms with Crippen molar-refractivity contribution in [2.24, 2.45) is 16.7 Å². The van der Waals surface area contributed by atoms with E-state index in [2.05, 4.69) is 20.8 Å². The standard InChI is InChI=1S/C14H26O2.C12H24O2/c1-5-13(3,4)12(15)16-14(6-2)10-8-7-9-11-14;1-8-11(4,5)10(13)14-12(6,7)9(2)3/h5-11H2,1-4H3;9H,8H2,1-7H3. The van der Waals surface area contributed by atoms with Crippen molar-refractivity contribution in [2.75, 3.05) is 0 Å². The van der Waals surface area contributed by atoms with Crippen molar-refractivity contribution in [3.05, 3.63) is 0 Å². The van der Waals surface area contributed by atoms with Gasteiger partial charge in [-0.05, 0) is 92.4 Å². The Morgan fingerprint density at radius 2 is 1.23 bits per heavy atom. The Bertz CT molecular complexity index is 537. The molecular formula is C26H50O4. The first-order chi connectivity index (χ1) is 13.6. The molecule has 4 heteroatoms. The van der Waals surface area contributed by atoms with Gasteiger partial charge in [-0.15, -0.1) is 0 Å². The van der Waals surface area contributed by atoms with Crippen molar-refractivity contribution >= 4 is 11.9 Å². The molecule has 1 fully saturated rings. The molecule has 0 bridgehead atoms. The first kappa shape index (κ1) is 28.9. The molecular weight excluding hydrogens is 376 g/mol. The SMILES string of the molecule is CCC(C)(C)C(=O)OC(C)(C)C(C)C.CCC1(OC(=O)C(C)(C)CC)CCCCC1. The van der Waals surface area contributed by atoms with E-state index in [1.54, 1.807) is 0 Å². The van der Waals surface area contributed by atoms with Crippen LogP contribution in [0.5, 0.6) is 0 Å². The average Bonchev–Trinajstić information content (AvgIpc) is 2.68. The lowest BCUT2D eigenvalue weighted by atomic mass is 9.82. The van der Waals surface area contributed by atoms with E-state index in [0.29, 0.717) is 5.92 Å². The van der Waals surface area contributed by atoms with Crippen molar-refractivity contribution in [1.29, 1.82) is 0 Å². The Hall–Kier alpha value is -1.06. The van der Waals surface area contributed by atoms with Crippen molar-refractivity contribution in [3.63, 3.8) is 0 Å². The van der Waals surface area contributed by atoms with Gasteiger partial charge >= 0.3 is 11.9 Å². The molecule has 1 saturated carbocycles. The van der Waals surface area contributed by atoms with Crippen molar-refractivity contribution < 1.29 is 19.1 Å². The molecule has 0 aromatic carbocycles. The molecule has 1 aliphatic carbocycles. The van der Waals surface area contributed by atoms with Gasteiger partial charge in [-0.2, -0.15) is 0 Å². The van der Waals surface area contributed by atoms with Crippen LogP contribution in [-0.4, -0.2) is 23.1 Å². The first-order valence-electron chi connectivity index (χ1n) is 12.1. The van der Waals surface area contributed by atoms with E-state index in [9.17, 15) is 9.59 Å². The van der Waals surface area contributed by atoms with Crippen LogP contribution in [0.3, 0.4) is 0 Å². The maximum atomic E-state index is 12.1. The van der Waals surface area contributed by atoms with Crippen molar-refractivity contribution in [2.45, 2.75) is 139 Å².